The Morgan fingerprint density at radius 2 is 1.88 bits per heavy atom. The highest BCUT2D eigenvalue weighted by molar-refractivity contribution is 7.14. The van der Waals surface area contributed by atoms with E-state index in [9.17, 15) is 13.2 Å². The van der Waals surface area contributed by atoms with E-state index in [1.807, 2.05) is 24.3 Å². The summed E-state index contributed by atoms with van der Waals surface area (Å²) in [5.74, 6) is -0.289. The predicted octanol–water partition coefficient (Wildman–Crippen LogP) is 4.90. The Labute approximate surface area is 198 Å². The van der Waals surface area contributed by atoms with Gasteiger partial charge in [0.2, 0.25) is 0 Å². The van der Waals surface area contributed by atoms with Crippen LogP contribution < -0.4 is 10.5 Å². The first-order valence-corrected chi connectivity index (χ1v) is 11.3. The van der Waals surface area contributed by atoms with Gasteiger partial charge in [0.1, 0.15) is 22.4 Å². The summed E-state index contributed by atoms with van der Waals surface area (Å²) in [6, 6.07) is 10.5. The molecule has 0 saturated carbocycles. The molecule has 3 N–H and O–H groups in total. The number of aliphatic hydroxyl groups is 1. The molecule has 6 nitrogen and oxygen atoms in total. The molecule has 1 unspecified atom stereocenters. The van der Waals surface area contributed by atoms with Crippen molar-refractivity contribution in [1.82, 2.24) is 10.2 Å². The van der Waals surface area contributed by atoms with Gasteiger partial charge in [-0.2, -0.15) is 13.2 Å². The second-order valence-corrected chi connectivity index (χ2v) is 8.52. The SMILES string of the molecule is NC(CO)c1nnc(-c2ccc(OCCOCCCc3ccccc3Cl)c(C(F)(F)F)c2)s1. The highest BCUT2D eigenvalue weighted by Gasteiger charge is 2.35. The first-order valence-electron chi connectivity index (χ1n) is 10.1. The van der Waals surface area contributed by atoms with Crippen molar-refractivity contribution in [3.63, 3.8) is 0 Å². The smallest absolute Gasteiger partial charge is 0.419 e. The van der Waals surface area contributed by atoms with E-state index in [1.165, 1.54) is 12.1 Å². The fourth-order valence-electron chi connectivity index (χ4n) is 2.97. The predicted molar refractivity (Wildman–Crippen MR) is 120 cm³/mol. The van der Waals surface area contributed by atoms with E-state index in [0.29, 0.717) is 16.6 Å². The Bertz CT molecular complexity index is 1050. The average Bonchev–Trinajstić information content (AvgIpc) is 3.29. The van der Waals surface area contributed by atoms with Crippen molar-refractivity contribution in [3.8, 4) is 16.3 Å². The summed E-state index contributed by atoms with van der Waals surface area (Å²) in [7, 11) is 0. The Morgan fingerprint density at radius 1 is 1.09 bits per heavy atom. The molecule has 3 aromatic rings. The molecule has 178 valence electrons. The maximum atomic E-state index is 13.6. The summed E-state index contributed by atoms with van der Waals surface area (Å²) >= 11 is 7.13. The van der Waals surface area contributed by atoms with Crippen molar-refractivity contribution < 1.29 is 27.8 Å². The van der Waals surface area contributed by atoms with Crippen molar-refractivity contribution in [2.45, 2.75) is 25.1 Å². The minimum atomic E-state index is -4.61. The van der Waals surface area contributed by atoms with E-state index in [4.69, 9.17) is 31.9 Å². The first kappa shape index (κ1) is 25.4. The molecular formula is C22H23ClF3N3O3S. The third-order valence-electron chi connectivity index (χ3n) is 4.66. The number of alkyl halides is 3. The molecule has 0 radical (unpaired) electrons. The molecule has 2 aromatic carbocycles. The number of aliphatic hydroxyl groups excluding tert-OH is 1. The Morgan fingerprint density at radius 3 is 2.61 bits per heavy atom. The van der Waals surface area contributed by atoms with E-state index in [2.05, 4.69) is 10.2 Å². The van der Waals surface area contributed by atoms with Gasteiger partial charge in [-0.3, -0.25) is 0 Å². The van der Waals surface area contributed by atoms with Gasteiger partial charge in [-0.1, -0.05) is 41.1 Å². The number of halogens is 4. The highest BCUT2D eigenvalue weighted by Crippen LogP contribution is 2.39. The molecule has 1 heterocycles. The summed E-state index contributed by atoms with van der Waals surface area (Å²) in [5.41, 5.74) is 6.03. The van der Waals surface area contributed by atoms with E-state index in [-0.39, 0.29) is 36.1 Å². The Balaban J connectivity index is 1.54. The lowest BCUT2D eigenvalue weighted by Gasteiger charge is -2.15. The maximum Gasteiger partial charge on any atom is 0.419 e. The van der Waals surface area contributed by atoms with Crippen LogP contribution in [0.3, 0.4) is 0 Å². The minimum absolute atomic E-state index is 0.0250. The van der Waals surface area contributed by atoms with Crippen molar-refractivity contribution in [3.05, 3.63) is 63.6 Å². The molecular weight excluding hydrogens is 479 g/mol. The molecule has 3 rings (SSSR count). The molecule has 0 aliphatic carbocycles. The zero-order chi connectivity index (χ0) is 23.8. The highest BCUT2D eigenvalue weighted by atomic mass is 35.5. The fraction of sp³-hybridized carbons (Fsp3) is 0.364. The van der Waals surface area contributed by atoms with Gasteiger partial charge >= 0.3 is 6.18 Å². The van der Waals surface area contributed by atoms with E-state index >= 15 is 0 Å². The third kappa shape index (κ3) is 7.12. The van der Waals surface area contributed by atoms with Gasteiger partial charge in [-0.25, -0.2) is 0 Å². The van der Waals surface area contributed by atoms with Crippen LogP contribution in [-0.2, 0) is 17.3 Å². The molecule has 0 bridgehead atoms. The maximum absolute atomic E-state index is 13.6. The molecule has 33 heavy (non-hydrogen) atoms. The van der Waals surface area contributed by atoms with Crippen molar-refractivity contribution in [1.29, 1.82) is 0 Å². The molecule has 1 atom stereocenters. The van der Waals surface area contributed by atoms with E-state index in [1.54, 1.807) is 0 Å². The van der Waals surface area contributed by atoms with Gasteiger partial charge < -0.3 is 20.3 Å². The summed E-state index contributed by atoms with van der Waals surface area (Å²) in [5, 5.41) is 18.1. The second-order valence-electron chi connectivity index (χ2n) is 7.10. The number of aryl methyl sites for hydroxylation is 1. The number of nitrogens with zero attached hydrogens (tertiary/aromatic N) is 2. The summed E-state index contributed by atoms with van der Waals surface area (Å²) in [6.45, 7) is 0.232. The molecule has 11 heteroatoms. The Kier molecular flexibility index (Phi) is 9.04. The molecule has 1 aromatic heterocycles. The molecule has 0 saturated heterocycles. The van der Waals surface area contributed by atoms with Gasteiger partial charge in [0, 0.05) is 17.2 Å². The monoisotopic (exact) mass is 501 g/mol. The standard InChI is InChI=1S/C22H23ClF3N3O3S/c23-17-6-2-1-4-14(17)5-3-9-31-10-11-32-19-8-7-15(12-16(19)22(24,25)26)20-28-29-21(33-20)18(27)13-30/h1-2,4,6-8,12,18,30H,3,5,9-11,13,27H2. The van der Waals surface area contributed by atoms with Crippen LogP contribution in [0, 0.1) is 0 Å². The quantitative estimate of drug-likeness (QED) is 0.363. The van der Waals surface area contributed by atoms with Crippen LogP contribution in [0.2, 0.25) is 5.02 Å². The number of hydrogen-bond acceptors (Lipinski definition) is 7. The molecule has 0 amide bonds. The lowest BCUT2D eigenvalue weighted by atomic mass is 10.1. The second kappa shape index (κ2) is 11.8. The number of hydrogen-bond donors (Lipinski definition) is 2. The van der Waals surface area contributed by atoms with E-state index < -0.39 is 17.8 Å². The number of ether oxygens (including phenoxy) is 2. The van der Waals surface area contributed by atoms with E-state index in [0.717, 1.165) is 35.8 Å². The topological polar surface area (TPSA) is 90.5 Å². The average molecular weight is 502 g/mol. The number of nitrogens with two attached hydrogens (primary N) is 1. The van der Waals surface area contributed by atoms with Gasteiger partial charge in [0.25, 0.3) is 0 Å². The summed E-state index contributed by atoms with van der Waals surface area (Å²) in [4.78, 5) is 0. The lowest BCUT2D eigenvalue weighted by molar-refractivity contribution is -0.139. The fourth-order valence-corrected chi connectivity index (χ4v) is 4.03. The van der Waals surface area contributed by atoms with Crippen LogP contribution in [0.25, 0.3) is 10.6 Å². The number of benzene rings is 2. The zero-order valence-corrected chi connectivity index (χ0v) is 19.1. The van der Waals surface area contributed by atoms with Crippen LogP contribution in [0.4, 0.5) is 13.2 Å². The van der Waals surface area contributed by atoms with Crippen LogP contribution >= 0.6 is 22.9 Å². The number of aromatic nitrogens is 2. The van der Waals surface area contributed by atoms with Crippen molar-refractivity contribution in [2.24, 2.45) is 5.73 Å². The van der Waals surface area contributed by atoms with Crippen LogP contribution in [0.15, 0.2) is 42.5 Å². The van der Waals surface area contributed by atoms with Gasteiger partial charge in [0.15, 0.2) is 0 Å². The molecule has 0 fully saturated rings. The number of rotatable bonds is 11. The first-order chi connectivity index (χ1) is 15.8. The summed E-state index contributed by atoms with van der Waals surface area (Å²) in [6.07, 6.45) is -3.14. The Hall–Kier alpha value is -2.24. The van der Waals surface area contributed by atoms with Crippen molar-refractivity contribution >= 4 is 22.9 Å². The lowest BCUT2D eigenvalue weighted by Crippen LogP contribution is -2.13. The van der Waals surface area contributed by atoms with Gasteiger partial charge in [0.05, 0.1) is 24.8 Å². The zero-order valence-electron chi connectivity index (χ0n) is 17.5. The van der Waals surface area contributed by atoms with Crippen LogP contribution in [0.5, 0.6) is 5.75 Å². The minimum Gasteiger partial charge on any atom is -0.491 e. The summed E-state index contributed by atoms with van der Waals surface area (Å²) < 4.78 is 51.6. The third-order valence-corrected chi connectivity index (χ3v) is 6.14. The largest absolute Gasteiger partial charge is 0.491 e. The molecule has 0 spiro atoms. The van der Waals surface area contributed by atoms with Gasteiger partial charge in [-0.15, -0.1) is 10.2 Å². The van der Waals surface area contributed by atoms with Crippen molar-refractivity contribution in [2.75, 3.05) is 26.4 Å². The molecule has 0 aliphatic rings. The van der Waals surface area contributed by atoms with Crippen LogP contribution in [-0.4, -0.2) is 41.7 Å². The molecule has 0 aliphatic heterocycles. The van der Waals surface area contributed by atoms with Gasteiger partial charge in [-0.05, 0) is 42.7 Å². The normalized spacial score (nSPS) is 12.7. The van der Waals surface area contributed by atoms with Crippen LogP contribution in [0.1, 0.15) is 28.6 Å².